The van der Waals surface area contributed by atoms with Gasteiger partial charge in [0.25, 0.3) is 0 Å². The molecule has 0 spiro atoms. The fourth-order valence-electron chi connectivity index (χ4n) is 1.26. The van der Waals surface area contributed by atoms with Crippen molar-refractivity contribution in [2.45, 2.75) is 65.6 Å². The third-order valence-electron chi connectivity index (χ3n) is 2.93. The van der Waals surface area contributed by atoms with Gasteiger partial charge in [-0.1, -0.05) is 34.1 Å². The maximum absolute atomic E-state index is 9.81. The van der Waals surface area contributed by atoms with Gasteiger partial charge in [0.1, 0.15) is 0 Å². The molecule has 2 atom stereocenters. The smallest absolute Gasteiger partial charge is 0.0615 e. The summed E-state index contributed by atoms with van der Waals surface area (Å²) in [6.07, 6.45) is 2.48. The van der Waals surface area contributed by atoms with Crippen LogP contribution < -0.4 is 0 Å². The van der Waals surface area contributed by atoms with E-state index in [1.165, 1.54) is 0 Å². The molecule has 80 valence electrons. The Balaban J connectivity index is 3.91. The Morgan fingerprint density at radius 2 is 1.69 bits per heavy atom. The number of rotatable bonds is 6. The van der Waals surface area contributed by atoms with Crippen LogP contribution in [0.2, 0.25) is 0 Å². The molecule has 0 rings (SSSR count). The minimum atomic E-state index is -0.390. The predicted octanol–water partition coefficient (Wildman–Crippen LogP) is 2.33. The fraction of sp³-hybridized carbons (Fsp3) is 1.00. The molecule has 0 fully saturated rings. The summed E-state index contributed by atoms with van der Waals surface area (Å²) in [6.45, 7) is 8.18. The van der Waals surface area contributed by atoms with Crippen LogP contribution in [0.3, 0.4) is 0 Å². The summed E-state index contributed by atoms with van der Waals surface area (Å²) in [6, 6.07) is 0. The minimum absolute atomic E-state index is 0.0747. The summed E-state index contributed by atoms with van der Waals surface area (Å²) in [7, 11) is 0. The molecule has 0 saturated heterocycles. The molecule has 0 aliphatic carbocycles. The normalized spacial score (nSPS) is 17.1. The molecule has 13 heavy (non-hydrogen) atoms. The Labute approximate surface area is 82.0 Å². The van der Waals surface area contributed by atoms with Crippen molar-refractivity contribution < 1.29 is 10.2 Å². The van der Waals surface area contributed by atoms with Crippen LogP contribution in [0.25, 0.3) is 0 Å². The molecule has 0 aromatic rings. The van der Waals surface area contributed by atoms with E-state index in [-0.39, 0.29) is 17.6 Å². The van der Waals surface area contributed by atoms with Gasteiger partial charge in [-0.15, -0.1) is 0 Å². The van der Waals surface area contributed by atoms with Crippen LogP contribution in [0.5, 0.6) is 0 Å². The van der Waals surface area contributed by atoms with Crippen LogP contribution in [0.4, 0.5) is 0 Å². The van der Waals surface area contributed by atoms with Crippen LogP contribution in [0.15, 0.2) is 0 Å². The minimum Gasteiger partial charge on any atom is -0.393 e. The highest BCUT2D eigenvalue weighted by Gasteiger charge is 2.27. The number of aliphatic hydroxyl groups is 2. The monoisotopic (exact) mass is 188 g/mol. The molecule has 0 bridgehead atoms. The fourth-order valence-corrected chi connectivity index (χ4v) is 1.26. The van der Waals surface area contributed by atoms with Gasteiger partial charge in [-0.2, -0.15) is 0 Å². The number of hydrogen-bond acceptors (Lipinski definition) is 2. The average Bonchev–Trinajstić information content (AvgIpc) is 2.04. The van der Waals surface area contributed by atoms with Gasteiger partial charge in [0.05, 0.1) is 12.2 Å². The molecule has 2 nitrogen and oxygen atoms in total. The Kier molecular flexibility index (Phi) is 5.57. The van der Waals surface area contributed by atoms with Gasteiger partial charge in [-0.25, -0.2) is 0 Å². The first-order valence-corrected chi connectivity index (χ1v) is 5.30. The summed E-state index contributed by atoms with van der Waals surface area (Å²) >= 11 is 0. The zero-order valence-electron chi connectivity index (χ0n) is 9.38. The molecule has 0 amide bonds. The van der Waals surface area contributed by atoms with Gasteiger partial charge >= 0.3 is 0 Å². The molecule has 0 aliphatic heterocycles. The second kappa shape index (κ2) is 5.61. The van der Waals surface area contributed by atoms with Crippen molar-refractivity contribution in [2.24, 2.45) is 5.41 Å². The van der Waals surface area contributed by atoms with Crippen molar-refractivity contribution in [1.82, 2.24) is 0 Å². The lowest BCUT2D eigenvalue weighted by atomic mass is 9.81. The largest absolute Gasteiger partial charge is 0.393 e. The maximum Gasteiger partial charge on any atom is 0.0615 e. The predicted molar refractivity (Wildman–Crippen MR) is 55.6 cm³/mol. The van der Waals surface area contributed by atoms with Gasteiger partial charge < -0.3 is 10.2 Å². The second-order valence-corrected chi connectivity index (χ2v) is 4.54. The van der Waals surface area contributed by atoms with Crippen molar-refractivity contribution in [3.63, 3.8) is 0 Å². The summed E-state index contributed by atoms with van der Waals surface area (Å²) in [5, 5.41) is 19.3. The number of aliphatic hydroxyl groups excluding tert-OH is 2. The molecule has 2 N–H and O–H groups in total. The standard InChI is InChI=1S/C11H24O2/c1-5-7-9(12)8-10(13)11(3,4)6-2/h9-10,12-13H,5-8H2,1-4H3. The van der Waals surface area contributed by atoms with E-state index in [0.717, 1.165) is 19.3 Å². The number of hydrogen-bond donors (Lipinski definition) is 2. The molecule has 0 aliphatic rings. The van der Waals surface area contributed by atoms with Crippen LogP contribution in [0, 0.1) is 5.41 Å². The summed E-state index contributed by atoms with van der Waals surface area (Å²) in [4.78, 5) is 0. The van der Waals surface area contributed by atoms with Crippen molar-refractivity contribution >= 4 is 0 Å². The Morgan fingerprint density at radius 1 is 1.15 bits per heavy atom. The van der Waals surface area contributed by atoms with E-state index < -0.39 is 0 Å². The van der Waals surface area contributed by atoms with Gasteiger partial charge in [0, 0.05) is 0 Å². The van der Waals surface area contributed by atoms with E-state index in [2.05, 4.69) is 6.92 Å². The first-order chi connectivity index (χ1) is 5.94. The zero-order chi connectivity index (χ0) is 10.5. The highest BCUT2D eigenvalue weighted by molar-refractivity contribution is 4.78. The molecule has 0 aromatic heterocycles. The maximum atomic E-state index is 9.81. The van der Waals surface area contributed by atoms with E-state index in [1.807, 2.05) is 20.8 Å². The molecule has 0 radical (unpaired) electrons. The van der Waals surface area contributed by atoms with Crippen LogP contribution in [-0.4, -0.2) is 22.4 Å². The SMILES string of the molecule is CCCC(O)CC(O)C(C)(C)CC. The summed E-state index contributed by atoms with van der Waals surface area (Å²) in [5.41, 5.74) is -0.0747. The highest BCUT2D eigenvalue weighted by Crippen LogP contribution is 2.28. The molecule has 0 saturated carbocycles. The van der Waals surface area contributed by atoms with Gasteiger partial charge in [-0.3, -0.25) is 0 Å². The van der Waals surface area contributed by atoms with E-state index in [0.29, 0.717) is 6.42 Å². The third kappa shape index (κ3) is 4.63. The molecule has 2 heteroatoms. The molecular weight excluding hydrogens is 164 g/mol. The zero-order valence-corrected chi connectivity index (χ0v) is 9.38. The van der Waals surface area contributed by atoms with Crippen LogP contribution in [0.1, 0.15) is 53.4 Å². The van der Waals surface area contributed by atoms with Crippen molar-refractivity contribution in [3.05, 3.63) is 0 Å². The van der Waals surface area contributed by atoms with Crippen LogP contribution >= 0.6 is 0 Å². The van der Waals surface area contributed by atoms with Crippen molar-refractivity contribution in [2.75, 3.05) is 0 Å². The van der Waals surface area contributed by atoms with Gasteiger partial charge in [-0.05, 0) is 24.7 Å². The second-order valence-electron chi connectivity index (χ2n) is 4.54. The van der Waals surface area contributed by atoms with E-state index in [1.54, 1.807) is 0 Å². The molecule has 2 unspecified atom stereocenters. The van der Waals surface area contributed by atoms with Crippen LogP contribution in [-0.2, 0) is 0 Å². The first-order valence-electron chi connectivity index (χ1n) is 5.30. The lowest BCUT2D eigenvalue weighted by Crippen LogP contribution is -2.32. The van der Waals surface area contributed by atoms with E-state index >= 15 is 0 Å². The Hall–Kier alpha value is -0.0800. The third-order valence-corrected chi connectivity index (χ3v) is 2.93. The molecular formula is C11H24O2. The highest BCUT2D eigenvalue weighted by atomic mass is 16.3. The van der Waals surface area contributed by atoms with Gasteiger partial charge in [0.15, 0.2) is 0 Å². The van der Waals surface area contributed by atoms with Gasteiger partial charge in [0.2, 0.25) is 0 Å². The van der Waals surface area contributed by atoms with E-state index in [9.17, 15) is 10.2 Å². The quantitative estimate of drug-likeness (QED) is 0.671. The topological polar surface area (TPSA) is 40.5 Å². The molecule has 0 aromatic carbocycles. The summed E-state index contributed by atoms with van der Waals surface area (Å²) in [5.74, 6) is 0. The van der Waals surface area contributed by atoms with E-state index in [4.69, 9.17) is 0 Å². The van der Waals surface area contributed by atoms with Crippen molar-refractivity contribution in [3.8, 4) is 0 Å². The lowest BCUT2D eigenvalue weighted by Gasteiger charge is -2.30. The Morgan fingerprint density at radius 3 is 2.08 bits per heavy atom. The molecule has 0 heterocycles. The average molecular weight is 188 g/mol. The Bertz CT molecular complexity index is 132. The lowest BCUT2D eigenvalue weighted by molar-refractivity contribution is 0.000916. The van der Waals surface area contributed by atoms with Crippen molar-refractivity contribution in [1.29, 1.82) is 0 Å². The summed E-state index contributed by atoms with van der Waals surface area (Å²) < 4.78 is 0. The first kappa shape index (κ1) is 12.9.